The fourth-order valence-electron chi connectivity index (χ4n) is 10.5. The van der Waals surface area contributed by atoms with E-state index in [-0.39, 0.29) is 25.7 Å². The van der Waals surface area contributed by atoms with Gasteiger partial charge in [0.05, 0.1) is 26.4 Å². The zero-order chi connectivity index (χ0) is 66.1. The zero-order valence-corrected chi connectivity index (χ0v) is 59.8. The predicted octanol–water partition coefficient (Wildman–Crippen LogP) is 19.7. The summed E-state index contributed by atoms with van der Waals surface area (Å²) >= 11 is 0. The van der Waals surface area contributed by atoms with Gasteiger partial charge in [0, 0.05) is 25.7 Å². The SMILES string of the molecule is CCC(C)CCCCCCCCCCCCCCCCCCCCC(=O)OC[C@H](COP(=O)(O)OC[C@@H](O)COP(=O)(O)OC[C@@H](COC(=O)CCCCCCCCC(C)C)OC(=O)CCCCCCCCC(C)C)OC(=O)CCCCCCCCC(C)C. The van der Waals surface area contributed by atoms with Gasteiger partial charge in [-0.1, -0.05) is 293 Å². The van der Waals surface area contributed by atoms with Gasteiger partial charge in [0.15, 0.2) is 12.2 Å². The fraction of sp³-hybridized carbons (Fsp3) is 0.943. The zero-order valence-electron chi connectivity index (χ0n) is 58.1. The number of carbonyl (C=O) groups is 4. The molecular weight excluding hydrogens is 1170 g/mol. The first kappa shape index (κ1) is 87.1. The molecule has 6 atom stereocenters. The molecule has 0 aromatic heterocycles. The van der Waals surface area contributed by atoms with Crippen molar-refractivity contribution in [2.24, 2.45) is 23.7 Å². The lowest BCUT2D eigenvalue weighted by atomic mass is 9.99. The third-order valence-electron chi connectivity index (χ3n) is 16.4. The molecule has 0 radical (unpaired) electrons. The Balaban J connectivity index is 5.06. The van der Waals surface area contributed by atoms with Crippen LogP contribution in [-0.4, -0.2) is 96.7 Å². The Hall–Kier alpha value is -1.94. The first-order valence-corrected chi connectivity index (χ1v) is 39.2. The summed E-state index contributed by atoms with van der Waals surface area (Å²) in [5.74, 6) is 0.750. The third kappa shape index (κ3) is 63.2. The molecule has 19 heteroatoms. The minimum Gasteiger partial charge on any atom is -0.462 e. The van der Waals surface area contributed by atoms with Gasteiger partial charge in [-0.25, -0.2) is 9.13 Å². The average molecular weight is 1310 g/mol. The fourth-order valence-corrected chi connectivity index (χ4v) is 12.0. The van der Waals surface area contributed by atoms with Crippen molar-refractivity contribution in [1.29, 1.82) is 0 Å². The van der Waals surface area contributed by atoms with E-state index >= 15 is 0 Å². The highest BCUT2D eigenvalue weighted by Gasteiger charge is 2.30. The van der Waals surface area contributed by atoms with E-state index in [9.17, 15) is 43.2 Å². The van der Waals surface area contributed by atoms with Gasteiger partial charge in [-0.05, 0) is 49.4 Å². The van der Waals surface area contributed by atoms with Crippen LogP contribution in [0.2, 0.25) is 0 Å². The normalized spacial score (nSPS) is 14.6. The second-order valence-electron chi connectivity index (χ2n) is 26.9. The van der Waals surface area contributed by atoms with Crippen molar-refractivity contribution in [1.82, 2.24) is 0 Å². The van der Waals surface area contributed by atoms with Crippen molar-refractivity contribution in [2.75, 3.05) is 39.6 Å². The minimum absolute atomic E-state index is 0.100. The Kier molecular flexibility index (Phi) is 58.5. The second kappa shape index (κ2) is 59.8. The lowest BCUT2D eigenvalue weighted by Crippen LogP contribution is -2.30. The second-order valence-corrected chi connectivity index (χ2v) is 29.8. The predicted molar refractivity (Wildman–Crippen MR) is 358 cm³/mol. The maximum Gasteiger partial charge on any atom is 0.472 e. The van der Waals surface area contributed by atoms with Crippen molar-refractivity contribution in [3.63, 3.8) is 0 Å². The molecule has 0 aromatic rings. The Morgan fingerprint density at radius 2 is 0.539 bits per heavy atom. The third-order valence-corrected chi connectivity index (χ3v) is 18.3. The van der Waals surface area contributed by atoms with Gasteiger partial charge in [-0.2, -0.15) is 0 Å². The standard InChI is InChI=1S/C70H136O17P2/c1-9-63(8)49-41-33-22-20-18-16-14-12-10-11-13-15-17-19-21-23-34-42-50-67(72)80-56-65(86-69(74)52-44-36-28-25-31-39-47-61(4)5)58-84-88(76,77)82-54-64(71)55-83-89(78,79)85-59-66(87-70(75)53-45-37-29-26-32-40-48-62(6)7)57-81-68(73)51-43-35-27-24-30-38-46-60(2)3/h60-66,71H,9-59H2,1-8H3,(H,76,77)(H,78,79)/t63?,64-,65-,66-/m1/s1. The number of unbranched alkanes of at least 4 members (excludes halogenated alkanes) is 32. The van der Waals surface area contributed by atoms with Crippen LogP contribution in [0.15, 0.2) is 0 Å². The lowest BCUT2D eigenvalue weighted by Gasteiger charge is -2.21. The number of hydrogen-bond donors (Lipinski definition) is 3. The van der Waals surface area contributed by atoms with Crippen molar-refractivity contribution < 1.29 is 80.2 Å². The van der Waals surface area contributed by atoms with Gasteiger partial charge in [0.1, 0.15) is 19.3 Å². The highest BCUT2D eigenvalue weighted by atomic mass is 31.2. The van der Waals surface area contributed by atoms with E-state index in [0.717, 1.165) is 102 Å². The van der Waals surface area contributed by atoms with Crippen LogP contribution >= 0.6 is 15.6 Å². The van der Waals surface area contributed by atoms with Crippen molar-refractivity contribution in [3.05, 3.63) is 0 Å². The Morgan fingerprint density at radius 3 is 0.798 bits per heavy atom. The smallest absolute Gasteiger partial charge is 0.462 e. The summed E-state index contributed by atoms with van der Waals surface area (Å²) in [5.41, 5.74) is 0. The summed E-state index contributed by atoms with van der Waals surface area (Å²) in [5, 5.41) is 10.5. The van der Waals surface area contributed by atoms with Crippen LogP contribution in [0.5, 0.6) is 0 Å². The molecule has 0 fully saturated rings. The average Bonchev–Trinajstić information content (AvgIpc) is 3.68. The first-order valence-electron chi connectivity index (χ1n) is 36.2. The number of rotatable bonds is 67. The molecular formula is C70H136O17P2. The van der Waals surface area contributed by atoms with Crippen LogP contribution in [0.1, 0.15) is 344 Å². The van der Waals surface area contributed by atoms with E-state index < -0.39 is 97.5 Å². The monoisotopic (exact) mass is 1310 g/mol. The van der Waals surface area contributed by atoms with Gasteiger partial charge in [-0.3, -0.25) is 37.3 Å². The van der Waals surface area contributed by atoms with E-state index in [0.29, 0.717) is 43.4 Å². The molecule has 0 amide bonds. The summed E-state index contributed by atoms with van der Waals surface area (Å²) in [6, 6.07) is 0. The van der Waals surface area contributed by atoms with Crippen LogP contribution in [0.25, 0.3) is 0 Å². The number of esters is 4. The topological polar surface area (TPSA) is 237 Å². The highest BCUT2D eigenvalue weighted by molar-refractivity contribution is 7.47. The number of hydrogen-bond acceptors (Lipinski definition) is 15. The highest BCUT2D eigenvalue weighted by Crippen LogP contribution is 2.45. The number of phosphoric acid groups is 2. The van der Waals surface area contributed by atoms with Crippen LogP contribution in [0, 0.1) is 23.7 Å². The van der Waals surface area contributed by atoms with Crippen LogP contribution < -0.4 is 0 Å². The summed E-state index contributed by atoms with van der Waals surface area (Å²) in [6.45, 7) is 13.9. The van der Waals surface area contributed by atoms with Crippen LogP contribution in [0.3, 0.4) is 0 Å². The summed E-state index contributed by atoms with van der Waals surface area (Å²) in [6.07, 6.45) is 42.4. The molecule has 0 rings (SSSR count). The molecule has 0 spiro atoms. The van der Waals surface area contributed by atoms with E-state index in [1.165, 1.54) is 141 Å². The molecule has 0 aromatic carbocycles. The minimum atomic E-state index is -4.95. The van der Waals surface area contributed by atoms with Gasteiger partial charge in [0.2, 0.25) is 0 Å². The molecule has 0 saturated carbocycles. The Morgan fingerprint density at radius 1 is 0.315 bits per heavy atom. The van der Waals surface area contributed by atoms with Gasteiger partial charge >= 0.3 is 39.5 Å². The molecule has 0 bridgehead atoms. The van der Waals surface area contributed by atoms with E-state index in [1.54, 1.807) is 0 Å². The number of aliphatic hydroxyl groups excluding tert-OH is 1. The van der Waals surface area contributed by atoms with E-state index in [2.05, 4.69) is 55.4 Å². The molecule has 89 heavy (non-hydrogen) atoms. The molecule has 0 aliphatic heterocycles. The van der Waals surface area contributed by atoms with Crippen molar-refractivity contribution >= 4 is 39.5 Å². The Bertz CT molecular complexity index is 1770. The number of ether oxygens (including phenoxy) is 4. The maximum atomic E-state index is 13.0. The lowest BCUT2D eigenvalue weighted by molar-refractivity contribution is -0.161. The van der Waals surface area contributed by atoms with Crippen molar-refractivity contribution in [2.45, 2.75) is 363 Å². The molecule has 0 aliphatic rings. The van der Waals surface area contributed by atoms with Crippen LogP contribution in [0.4, 0.5) is 0 Å². The quantitative estimate of drug-likeness (QED) is 0.0222. The van der Waals surface area contributed by atoms with Crippen LogP contribution in [-0.2, 0) is 65.4 Å². The molecule has 0 heterocycles. The number of phosphoric ester groups is 2. The molecule has 0 saturated heterocycles. The first-order chi connectivity index (χ1) is 42.6. The number of aliphatic hydroxyl groups is 1. The molecule has 3 unspecified atom stereocenters. The maximum absolute atomic E-state index is 13.0. The Labute approximate surface area is 543 Å². The largest absolute Gasteiger partial charge is 0.472 e. The van der Waals surface area contributed by atoms with E-state index in [1.807, 2.05) is 0 Å². The molecule has 0 aliphatic carbocycles. The molecule has 3 N–H and O–H groups in total. The van der Waals surface area contributed by atoms with Gasteiger partial charge < -0.3 is 33.8 Å². The van der Waals surface area contributed by atoms with Gasteiger partial charge in [-0.15, -0.1) is 0 Å². The molecule has 528 valence electrons. The molecule has 17 nitrogen and oxygen atoms in total. The summed E-state index contributed by atoms with van der Waals surface area (Å²) in [7, 11) is -9.89. The van der Waals surface area contributed by atoms with Crippen molar-refractivity contribution in [3.8, 4) is 0 Å². The van der Waals surface area contributed by atoms with E-state index in [4.69, 9.17) is 37.0 Å². The summed E-state index contributed by atoms with van der Waals surface area (Å²) < 4.78 is 68.0. The van der Waals surface area contributed by atoms with Gasteiger partial charge in [0.25, 0.3) is 0 Å². The summed E-state index contributed by atoms with van der Waals surface area (Å²) in [4.78, 5) is 72.3. The number of carbonyl (C=O) groups excluding carboxylic acids is 4.